The number of rotatable bonds is 2. The van der Waals surface area contributed by atoms with Crippen molar-refractivity contribution in [1.29, 1.82) is 0 Å². The molecule has 0 aliphatic heterocycles. The van der Waals surface area contributed by atoms with Gasteiger partial charge >= 0.3 is 6.18 Å². The Bertz CT molecular complexity index is 644. The standard InChI is InChI=1S/C13H10ClF3N2O/c1-7-3-4-8(2)9(5-7)20-11-6-10(13(15,16)17)18-12(14)19-11/h3-6H,1-2H3. The van der Waals surface area contributed by atoms with Crippen LogP contribution in [0.3, 0.4) is 0 Å². The first-order valence-electron chi connectivity index (χ1n) is 5.62. The van der Waals surface area contributed by atoms with Crippen LogP contribution in [0.25, 0.3) is 0 Å². The number of nitrogens with zero attached hydrogens (tertiary/aromatic N) is 2. The lowest BCUT2D eigenvalue weighted by molar-refractivity contribution is -0.141. The smallest absolute Gasteiger partial charge is 0.433 e. The van der Waals surface area contributed by atoms with Crippen molar-refractivity contribution in [3.63, 3.8) is 0 Å². The maximum atomic E-state index is 12.6. The summed E-state index contributed by atoms with van der Waals surface area (Å²) in [7, 11) is 0. The van der Waals surface area contributed by atoms with Gasteiger partial charge < -0.3 is 4.74 Å². The molecule has 7 heteroatoms. The summed E-state index contributed by atoms with van der Waals surface area (Å²) in [6, 6.07) is 6.10. The molecule has 1 aromatic carbocycles. The second-order valence-electron chi connectivity index (χ2n) is 4.23. The molecule has 0 saturated carbocycles. The first-order valence-corrected chi connectivity index (χ1v) is 6.00. The summed E-state index contributed by atoms with van der Waals surface area (Å²) in [4.78, 5) is 6.78. The molecule has 0 saturated heterocycles. The summed E-state index contributed by atoms with van der Waals surface area (Å²) in [5, 5.41) is -0.514. The Labute approximate surface area is 118 Å². The molecule has 0 N–H and O–H groups in total. The zero-order valence-corrected chi connectivity index (χ0v) is 11.4. The van der Waals surface area contributed by atoms with E-state index in [0.717, 1.165) is 11.1 Å². The number of hydrogen-bond donors (Lipinski definition) is 0. The van der Waals surface area contributed by atoms with Gasteiger partial charge in [0.15, 0.2) is 5.69 Å². The van der Waals surface area contributed by atoms with Crippen molar-refractivity contribution in [2.45, 2.75) is 20.0 Å². The summed E-state index contributed by atoms with van der Waals surface area (Å²) in [6.07, 6.45) is -4.60. The van der Waals surface area contributed by atoms with Gasteiger partial charge in [0, 0.05) is 6.07 Å². The molecule has 1 heterocycles. The van der Waals surface area contributed by atoms with Gasteiger partial charge in [-0.15, -0.1) is 0 Å². The molecule has 0 aliphatic rings. The molecular weight excluding hydrogens is 293 g/mol. The lowest BCUT2D eigenvalue weighted by atomic mass is 10.1. The van der Waals surface area contributed by atoms with Gasteiger partial charge in [-0.2, -0.15) is 18.2 Å². The Kier molecular flexibility index (Phi) is 3.85. The molecule has 0 radical (unpaired) electrons. The average molecular weight is 303 g/mol. The van der Waals surface area contributed by atoms with E-state index in [1.807, 2.05) is 13.0 Å². The molecule has 0 fully saturated rings. The molecule has 2 aromatic rings. The predicted molar refractivity (Wildman–Crippen MR) is 68.0 cm³/mol. The first-order chi connectivity index (χ1) is 9.25. The molecule has 0 unspecified atom stereocenters. The molecule has 20 heavy (non-hydrogen) atoms. The zero-order chi connectivity index (χ0) is 14.9. The number of hydrogen-bond acceptors (Lipinski definition) is 3. The highest BCUT2D eigenvalue weighted by atomic mass is 35.5. The fraction of sp³-hybridized carbons (Fsp3) is 0.231. The van der Waals surface area contributed by atoms with E-state index < -0.39 is 17.2 Å². The van der Waals surface area contributed by atoms with Gasteiger partial charge in [-0.3, -0.25) is 0 Å². The van der Waals surface area contributed by atoms with Gasteiger partial charge in [0.25, 0.3) is 0 Å². The Morgan fingerprint density at radius 3 is 2.45 bits per heavy atom. The van der Waals surface area contributed by atoms with Crippen molar-refractivity contribution in [3.8, 4) is 11.6 Å². The molecule has 0 bridgehead atoms. The van der Waals surface area contributed by atoms with Crippen LogP contribution in [-0.2, 0) is 6.18 Å². The third kappa shape index (κ3) is 3.39. The van der Waals surface area contributed by atoms with Gasteiger partial charge in [0.2, 0.25) is 11.2 Å². The number of halogens is 4. The van der Waals surface area contributed by atoms with E-state index >= 15 is 0 Å². The molecule has 3 nitrogen and oxygen atoms in total. The van der Waals surface area contributed by atoms with Crippen LogP contribution in [0.15, 0.2) is 24.3 Å². The van der Waals surface area contributed by atoms with Gasteiger partial charge in [-0.05, 0) is 42.6 Å². The number of aromatic nitrogens is 2. The Hall–Kier alpha value is -1.82. The lowest BCUT2D eigenvalue weighted by Gasteiger charge is -2.11. The second-order valence-corrected chi connectivity index (χ2v) is 4.57. The predicted octanol–water partition coefficient (Wildman–Crippen LogP) is 4.56. The Morgan fingerprint density at radius 2 is 1.80 bits per heavy atom. The fourth-order valence-electron chi connectivity index (χ4n) is 1.52. The topological polar surface area (TPSA) is 35.0 Å². The monoisotopic (exact) mass is 302 g/mol. The zero-order valence-electron chi connectivity index (χ0n) is 10.6. The minimum atomic E-state index is -4.60. The first kappa shape index (κ1) is 14.6. The summed E-state index contributed by atoms with van der Waals surface area (Å²) < 4.78 is 43.2. The van der Waals surface area contributed by atoms with Crippen molar-refractivity contribution in [2.24, 2.45) is 0 Å². The third-order valence-electron chi connectivity index (χ3n) is 2.52. The summed E-state index contributed by atoms with van der Waals surface area (Å²) in [5.41, 5.74) is 0.554. The van der Waals surface area contributed by atoms with E-state index in [9.17, 15) is 13.2 Å². The van der Waals surface area contributed by atoms with Crippen LogP contribution in [0.2, 0.25) is 5.28 Å². The largest absolute Gasteiger partial charge is 0.439 e. The van der Waals surface area contributed by atoms with Crippen molar-refractivity contribution in [3.05, 3.63) is 46.4 Å². The van der Waals surface area contributed by atoms with Crippen molar-refractivity contribution in [2.75, 3.05) is 0 Å². The van der Waals surface area contributed by atoms with Crippen LogP contribution >= 0.6 is 11.6 Å². The summed E-state index contributed by atoms with van der Waals surface area (Å²) in [5.74, 6) is 0.180. The van der Waals surface area contributed by atoms with E-state index in [1.54, 1.807) is 19.1 Å². The normalized spacial score (nSPS) is 11.5. The number of alkyl halides is 3. The molecule has 106 valence electrons. The maximum absolute atomic E-state index is 12.6. The highest BCUT2D eigenvalue weighted by molar-refractivity contribution is 6.28. The Morgan fingerprint density at radius 1 is 1.10 bits per heavy atom. The summed E-state index contributed by atoms with van der Waals surface area (Å²) in [6.45, 7) is 3.63. The summed E-state index contributed by atoms with van der Waals surface area (Å²) >= 11 is 5.49. The number of benzene rings is 1. The lowest BCUT2D eigenvalue weighted by Crippen LogP contribution is -2.09. The van der Waals surface area contributed by atoms with Crippen LogP contribution in [0.5, 0.6) is 11.6 Å². The quantitative estimate of drug-likeness (QED) is 0.763. The maximum Gasteiger partial charge on any atom is 0.433 e. The SMILES string of the molecule is Cc1ccc(C)c(Oc2cc(C(F)(F)F)nc(Cl)n2)c1. The van der Waals surface area contributed by atoms with Crippen LogP contribution in [0, 0.1) is 13.8 Å². The van der Waals surface area contributed by atoms with E-state index in [-0.39, 0.29) is 5.88 Å². The molecule has 0 aliphatic carbocycles. The molecule has 2 rings (SSSR count). The van der Waals surface area contributed by atoms with Crippen LogP contribution in [0.4, 0.5) is 13.2 Å². The molecule has 0 atom stereocenters. The molecule has 0 amide bonds. The molecule has 0 spiro atoms. The van der Waals surface area contributed by atoms with Crippen LogP contribution in [-0.4, -0.2) is 9.97 Å². The minimum absolute atomic E-state index is 0.244. The second kappa shape index (κ2) is 5.28. The van der Waals surface area contributed by atoms with E-state index in [0.29, 0.717) is 11.8 Å². The van der Waals surface area contributed by atoms with Gasteiger partial charge in [-0.1, -0.05) is 12.1 Å². The van der Waals surface area contributed by atoms with Gasteiger partial charge in [0.1, 0.15) is 5.75 Å². The average Bonchev–Trinajstić information content (AvgIpc) is 2.32. The Balaban J connectivity index is 2.39. The minimum Gasteiger partial charge on any atom is -0.439 e. The van der Waals surface area contributed by atoms with Crippen LogP contribution in [0.1, 0.15) is 16.8 Å². The molecule has 1 aromatic heterocycles. The van der Waals surface area contributed by atoms with E-state index in [1.165, 1.54) is 0 Å². The van der Waals surface area contributed by atoms with Gasteiger partial charge in [0.05, 0.1) is 0 Å². The van der Waals surface area contributed by atoms with Crippen LogP contribution < -0.4 is 4.74 Å². The van der Waals surface area contributed by atoms with E-state index in [2.05, 4.69) is 9.97 Å². The fourth-order valence-corrected chi connectivity index (χ4v) is 1.70. The van der Waals surface area contributed by atoms with Crippen molar-refractivity contribution < 1.29 is 17.9 Å². The van der Waals surface area contributed by atoms with E-state index in [4.69, 9.17) is 16.3 Å². The number of aryl methyl sites for hydroxylation is 2. The van der Waals surface area contributed by atoms with Crippen molar-refractivity contribution >= 4 is 11.6 Å². The highest BCUT2D eigenvalue weighted by Crippen LogP contribution is 2.32. The van der Waals surface area contributed by atoms with Crippen molar-refractivity contribution in [1.82, 2.24) is 9.97 Å². The molecular formula is C13H10ClF3N2O. The highest BCUT2D eigenvalue weighted by Gasteiger charge is 2.34. The third-order valence-corrected chi connectivity index (χ3v) is 2.69. The number of ether oxygens (including phenoxy) is 1. The van der Waals surface area contributed by atoms with Gasteiger partial charge in [-0.25, -0.2) is 4.98 Å².